The number of rotatable bonds is 7. The summed E-state index contributed by atoms with van der Waals surface area (Å²) in [5.74, 6) is 3.13. The molecule has 0 aliphatic rings. The summed E-state index contributed by atoms with van der Waals surface area (Å²) in [4.78, 5) is 9.03. The molecule has 0 bridgehead atoms. The van der Waals surface area contributed by atoms with Crippen LogP contribution in [0.4, 0.5) is 10.9 Å². The molecule has 0 aliphatic heterocycles. The van der Waals surface area contributed by atoms with E-state index < -0.39 is 0 Å². The van der Waals surface area contributed by atoms with Crippen LogP contribution in [-0.2, 0) is 12.8 Å². The molecule has 3 aromatic heterocycles. The zero-order valence-corrected chi connectivity index (χ0v) is 17.3. The number of halogens is 1. The Morgan fingerprint density at radius 1 is 1.18 bits per heavy atom. The fourth-order valence-electron chi connectivity index (χ4n) is 2.46. The van der Waals surface area contributed by atoms with Gasteiger partial charge in [0.15, 0.2) is 16.7 Å². The van der Waals surface area contributed by atoms with E-state index in [2.05, 4.69) is 41.4 Å². The average molecular weight is 458 g/mol. The first-order chi connectivity index (χ1) is 13.7. The standard InChI is InChI=1S/C19H16BrN5O2S/c1-12-24-25-17(26-12)8-7-14-11-28-19(22-14)23-18-16(9-13(20)10-21-18)27-15-5-3-2-4-6-15/h2-6,9-11H,7-8H2,1H3,(H,21,22,23). The second-order valence-corrected chi connectivity index (χ2v) is 7.67. The quantitative estimate of drug-likeness (QED) is 0.402. The molecular weight excluding hydrogens is 442 g/mol. The molecule has 0 saturated carbocycles. The summed E-state index contributed by atoms with van der Waals surface area (Å²) in [7, 11) is 0. The highest BCUT2D eigenvalue weighted by molar-refractivity contribution is 9.10. The van der Waals surface area contributed by atoms with Crippen LogP contribution in [0.25, 0.3) is 0 Å². The number of aromatic nitrogens is 4. The number of hydrogen-bond donors (Lipinski definition) is 1. The number of nitrogens with zero attached hydrogens (tertiary/aromatic N) is 4. The van der Waals surface area contributed by atoms with Gasteiger partial charge in [-0.15, -0.1) is 21.5 Å². The van der Waals surface area contributed by atoms with Crippen LogP contribution in [0.1, 0.15) is 17.5 Å². The lowest BCUT2D eigenvalue weighted by atomic mass is 10.2. The minimum absolute atomic E-state index is 0.572. The van der Waals surface area contributed by atoms with E-state index in [1.807, 2.05) is 41.8 Å². The number of aryl methyl sites for hydroxylation is 3. The van der Waals surface area contributed by atoms with Crippen LogP contribution in [0.3, 0.4) is 0 Å². The van der Waals surface area contributed by atoms with Crippen molar-refractivity contribution in [2.45, 2.75) is 19.8 Å². The first-order valence-electron chi connectivity index (χ1n) is 8.54. The largest absolute Gasteiger partial charge is 0.453 e. The second-order valence-electron chi connectivity index (χ2n) is 5.90. The maximum Gasteiger partial charge on any atom is 0.216 e. The van der Waals surface area contributed by atoms with E-state index in [4.69, 9.17) is 9.15 Å². The third kappa shape index (κ3) is 4.73. The summed E-state index contributed by atoms with van der Waals surface area (Å²) in [6.45, 7) is 1.78. The van der Waals surface area contributed by atoms with Gasteiger partial charge in [0, 0.05) is 35.5 Å². The number of anilines is 2. The van der Waals surface area contributed by atoms with Crippen molar-refractivity contribution in [1.29, 1.82) is 0 Å². The van der Waals surface area contributed by atoms with Crippen LogP contribution in [-0.4, -0.2) is 20.2 Å². The molecule has 1 N–H and O–H groups in total. The molecule has 28 heavy (non-hydrogen) atoms. The molecule has 1 aromatic carbocycles. The van der Waals surface area contributed by atoms with Gasteiger partial charge in [-0.2, -0.15) is 0 Å². The van der Waals surface area contributed by atoms with Crippen molar-refractivity contribution in [2.24, 2.45) is 0 Å². The minimum atomic E-state index is 0.572. The van der Waals surface area contributed by atoms with E-state index in [1.54, 1.807) is 13.1 Å². The molecule has 4 rings (SSSR count). The fraction of sp³-hybridized carbons (Fsp3) is 0.158. The third-order valence-electron chi connectivity index (χ3n) is 3.73. The summed E-state index contributed by atoms with van der Waals surface area (Å²) in [5, 5.41) is 13.8. The van der Waals surface area contributed by atoms with Gasteiger partial charge in [0.05, 0.1) is 5.69 Å². The van der Waals surface area contributed by atoms with Crippen molar-refractivity contribution in [3.8, 4) is 11.5 Å². The number of hydrogen-bond acceptors (Lipinski definition) is 8. The molecule has 0 radical (unpaired) electrons. The molecule has 4 aromatic rings. The van der Waals surface area contributed by atoms with Crippen LogP contribution in [0.15, 0.2) is 56.9 Å². The number of benzene rings is 1. The van der Waals surface area contributed by atoms with Gasteiger partial charge in [-0.3, -0.25) is 0 Å². The van der Waals surface area contributed by atoms with Gasteiger partial charge >= 0.3 is 0 Å². The van der Waals surface area contributed by atoms with Crippen molar-refractivity contribution in [1.82, 2.24) is 20.2 Å². The van der Waals surface area contributed by atoms with Crippen LogP contribution < -0.4 is 10.1 Å². The van der Waals surface area contributed by atoms with Gasteiger partial charge in [0.1, 0.15) is 5.75 Å². The van der Waals surface area contributed by atoms with Crippen LogP contribution in [0.5, 0.6) is 11.5 Å². The monoisotopic (exact) mass is 457 g/mol. The van der Waals surface area contributed by atoms with Crippen molar-refractivity contribution in [3.63, 3.8) is 0 Å². The molecule has 0 unspecified atom stereocenters. The van der Waals surface area contributed by atoms with Gasteiger partial charge in [0.2, 0.25) is 11.8 Å². The number of ether oxygens (including phenoxy) is 1. The highest BCUT2D eigenvalue weighted by Gasteiger charge is 2.11. The first kappa shape index (κ1) is 18.6. The Labute approximate surface area is 174 Å². The highest BCUT2D eigenvalue weighted by atomic mass is 79.9. The van der Waals surface area contributed by atoms with E-state index in [1.165, 1.54) is 11.3 Å². The van der Waals surface area contributed by atoms with Gasteiger partial charge in [0.25, 0.3) is 0 Å². The Hall–Kier alpha value is -2.78. The second kappa shape index (κ2) is 8.49. The Morgan fingerprint density at radius 3 is 2.82 bits per heavy atom. The summed E-state index contributed by atoms with van der Waals surface area (Å²) >= 11 is 4.95. The van der Waals surface area contributed by atoms with Gasteiger partial charge < -0.3 is 14.5 Å². The molecule has 0 aliphatic carbocycles. The molecule has 0 atom stereocenters. The van der Waals surface area contributed by atoms with E-state index in [0.29, 0.717) is 29.8 Å². The predicted molar refractivity (Wildman–Crippen MR) is 110 cm³/mol. The number of para-hydroxylation sites is 1. The van der Waals surface area contributed by atoms with Gasteiger partial charge in [-0.25, -0.2) is 9.97 Å². The van der Waals surface area contributed by atoms with E-state index in [0.717, 1.165) is 27.5 Å². The Morgan fingerprint density at radius 2 is 2.04 bits per heavy atom. The average Bonchev–Trinajstić information content (AvgIpc) is 3.32. The molecule has 0 amide bonds. The topological polar surface area (TPSA) is 86.0 Å². The lowest BCUT2D eigenvalue weighted by molar-refractivity contribution is 0.466. The van der Waals surface area contributed by atoms with Crippen LogP contribution in [0, 0.1) is 6.92 Å². The molecular formula is C19H16BrN5O2S. The number of pyridine rings is 1. The van der Waals surface area contributed by atoms with Crippen molar-refractivity contribution in [2.75, 3.05) is 5.32 Å². The van der Waals surface area contributed by atoms with Gasteiger partial charge in [-0.05, 0) is 34.5 Å². The van der Waals surface area contributed by atoms with Crippen LogP contribution in [0.2, 0.25) is 0 Å². The smallest absolute Gasteiger partial charge is 0.216 e. The molecule has 9 heteroatoms. The Kier molecular flexibility index (Phi) is 5.63. The highest BCUT2D eigenvalue weighted by Crippen LogP contribution is 2.33. The molecule has 0 fully saturated rings. The number of nitrogens with one attached hydrogen (secondary N) is 1. The van der Waals surface area contributed by atoms with E-state index >= 15 is 0 Å². The molecule has 0 spiro atoms. The zero-order valence-electron chi connectivity index (χ0n) is 14.9. The van der Waals surface area contributed by atoms with Crippen molar-refractivity contribution >= 4 is 38.2 Å². The van der Waals surface area contributed by atoms with E-state index in [9.17, 15) is 0 Å². The van der Waals surface area contributed by atoms with Gasteiger partial charge in [-0.1, -0.05) is 18.2 Å². The summed E-state index contributed by atoms with van der Waals surface area (Å²) in [6, 6.07) is 11.4. The Balaban J connectivity index is 1.46. The third-order valence-corrected chi connectivity index (χ3v) is 4.97. The molecule has 7 nitrogen and oxygen atoms in total. The number of thiazole rings is 1. The predicted octanol–water partition coefficient (Wildman–Crippen LogP) is 5.31. The van der Waals surface area contributed by atoms with Crippen molar-refractivity contribution in [3.05, 3.63) is 69.9 Å². The molecule has 3 heterocycles. The Bertz CT molecular complexity index is 1070. The maximum absolute atomic E-state index is 5.97. The first-order valence-corrected chi connectivity index (χ1v) is 10.2. The lowest BCUT2D eigenvalue weighted by Crippen LogP contribution is -1.98. The van der Waals surface area contributed by atoms with Crippen LogP contribution >= 0.6 is 27.3 Å². The SMILES string of the molecule is Cc1nnc(CCc2csc(Nc3ncc(Br)cc3Oc3ccccc3)n2)o1. The maximum atomic E-state index is 5.97. The molecule has 0 saturated heterocycles. The van der Waals surface area contributed by atoms with E-state index in [-0.39, 0.29) is 0 Å². The molecule has 142 valence electrons. The lowest BCUT2D eigenvalue weighted by Gasteiger charge is -2.11. The van der Waals surface area contributed by atoms with Crippen molar-refractivity contribution < 1.29 is 9.15 Å². The zero-order chi connectivity index (χ0) is 19.3. The summed E-state index contributed by atoms with van der Waals surface area (Å²) < 4.78 is 12.2. The summed E-state index contributed by atoms with van der Waals surface area (Å²) in [6.07, 6.45) is 3.09. The normalized spacial score (nSPS) is 10.8. The summed E-state index contributed by atoms with van der Waals surface area (Å²) in [5.41, 5.74) is 0.950. The minimum Gasteiger partial charge on any atom is -0.453 e. The fourth-order valence-corrected chi connectivity index (χ4v) is 3.52.